The molecule has 1 amide bonds. The average molecular weight is 356 g/mol. The Hall–Kier alpha value is -2.76. The number of carbonyl (C=O) groups is 1. The minimum absolute atomic E-state index is 0.101. The Morgan fingerprint density at radius 3 is 2.65 bits per heavy atom. The van der Waals surface area contributed by atoms with Crippen LogP contribution in [0.5, 0.6) is 0 Å². The average Bonchev–Trinajstić information content (AvgIpc) is 3.20. The van der Waals surface area contributed by atoms with Gasteiger partial charge in [0.25, 0.3) is 5.91 Å². The molecule has 0 bridgehead atoms. The first-order valence-corrected chi connectivity index (χ1v) is 8.51. The first-order chi connectivity index (χ1) is 12.5. The summed E-state index contributed by atoms with van der Waals surface area (Å²) in [4.78, 5) is 19.7. The van der Waals surface area contributed by atoms with Gasteiger partial charge in [0, 0.05) is 12.1 Å². The van der Waals surface area contributed by atoms with Crippen LogP contribution in [0.3, 0.4) is 0 Å². The standard InChI is InChI=1S/C20H18F2N2O2/c1-11-5-3-4-6-13(11)19-14-9-24(10-16(14)26-23-19)20(25)17-15(21)8-7-12(2)18(17)22/h3-8,14,16H,9-10H2,1-2H3. The van der Waals surface area contributed by atoms with Gasteiger partial charge in [-0.1, -0.05) is 35.5 Å². The molecule has 2 aromatic carbocycles. The summed E-state index contributed by atoms with van der Waals surface area (Å²) in [5.74, 6) is -2.40. The molecule has 0 radical (unpaired) electrons. The van der Waals surface area contributed by atoms with Crippen LogP contribution < -0.4 is 0 Å². The van der Waals surface area contributed by atoms with Crippen molar-refractivity contribution in [2.75, 3.05) is 13.1 Å². The molecule has 0 aromatic heterocycles. The SMILES string of the molecule is Cc1ccccc1C1=NOC2CN(C(=O)c3c(F)ccc(C)c3F)CC12. The predicted molar refractivity (Wildman–Crippen MR) is 93.1 cm³/mol. The highest BCUT2D eigenvalue weighted by Crippen LogP contribution is 2.32. The van der Waals surface area contributed by atoms with Gasteiger partial charge >= 0.3 is 0 Å². The summed E-state index contributed by atoms with van der Waals surface area (Å²) in [7, 11) is 0. The molecule has 2 atom stereocenters. The number of oxime groups is 1. The Kier molecular flexibility index (Phi) is 3.98. The van der Waals surface area contributed by atoms with Crippen LogP contribution in [0.15, 0.2) is 41.6 Å². The summed E-state index contributed by atoms with van der Waals surface area (Å²) in [5.41, 5.74) is 2.57. The number of carbonyl (C=O) groups excluding carboxylic acids is 1. The molecule has 1 saturated heterocycles. The third-order valence-electron chi connectivity index (χ3n) is 5.11. The van der Waals surface area contributed by atoms with E-state index in [4.69, 9.17) is 4.84 Å². The number of amides is 1. The van der Waals surface area contributed by atoms with Crippen LogP contribution in [0.1, 0.15) is 27.0 Å². The van der Waals surface area contributed by atoms with E-state index in [0.29, 0.717) is 6.54 Å². The Labute approximate surface area is 150 Å². The predicted octanol–water partition coefficient (Wildman–Crippen LogP) is 3.46. The van der Waals surface area contributed by atoms with Crippen molar-refractivity contribution in [1.82, 2.24) is 4.90 Å². The Bertz CT molecular complexity index is 926. The lowest BCUT2D eigenvalue weighted by Gasteiger charge is -2.18. The lowest BCUT2D eigenvalue weighted by atomic mass is 9.92. The monoisotopic (exact) mass is 356 g/mol. The molecule has 4 rings (SSSR count). The number of likely N-dealkylation sites (tertiary alicyclic amines) is 1. The van der Waals surface area contributed by atoms with Crippen molar-refractivity contribution >= 4 is 11.6 Å². The highest BCUT2D eigenvalue weighted by atomic mass is 19.1. The number of halogens is 2. The third kappa shape index (κ3) is 2.57. The molecule has 2 aliphatic heterocycles. The van der Waals surface area contributed by atoms with Gasteiger partial charge in [0.2, 0.25) is 0 Å². The van der Waals surface area contributed by atoms with Gasteiger partial charge < -0.3 is 9.74 Å². The van der Waals surface area contributed by atoms with E-state index in [1.807, 2.05) is 31.2 Å². The van der Waals surface area contributed by atoms with Gasteiger partial charge in [-0.05, 0) is 31.0 Å². The molecule has 0 N–H and O–H groups in total. The normalized spacial score (nSPS) is 21.4. The summed E-state index contributed by atoms with van der Waals surface area (Å²) >= 11 is 0. The van der Waals surface area contributed by atoms with E-state index in [1.165, 1.54) is 17.9 Å². The van der Waals surface area contributed by atoms with Crippen LogP contribution in [0.25, 0.3) is 0 Å². The molecule has 2 unspecified atom stereocenters. The molecule has 0 saturated carbocycles. The zero-order chi connectivity index (χ0) is 18.4. The quantitative estimate of drug-likeness (QED) is 0.827. The van der Waals surface area contributed by atoms with Crippen LogP contribution >= 0.6 is 0 Å². The number of nitrogens with zero attached hydrogens (tertiary/aromatic N) is 2. The molecule has 1 fully saturated rings. The van der Waals surface area contributed by atoms with E-state index in [1.54, 1.807) is 0 Å². The van der Waals surface area contributed by atoms with Crippen molar-refractivity contribution in [3.8, 4) is 0 Å². The maximum Gasteiger partial charge on any atom is 0.259 e. The zero-order valence-corrected chi connectivity index (χ0v) is 14.5. The Balaban J connectivity index is 1.60. The van der Waals surface area contributed by atoms with Crippen LogP contribution in [-0.2, 0) is 4.84 Å². The topological polar surface area (TPSA) is 41.9 Å². The second-order valence-corrected chi connectivity index (χ2v) is 6.81. The minimum Gasteiger partial charge on any atom is -0.390 e. The van der Waals surface area contributed by atoms with Crippen molar-refractivity contribution in [1.29, 1.82) is 0 Å². The maximum atomic E-state index is 14.3. The van der Waals surface area contributed by atoms with Gasteiger partial charge in [-0.2, -0.15) is 0 Å². The number of fused-ring (bicyclic) bond motifs is 1. The van der Waals surface area contributed by atoms with E-state index in [2.05, 4.69) is 5.16 Å². The number of hydrogen-bond donors (Lipinski definition) is 0. The molecule has 26 heavy (non-hydrogen) atoms. The molecule has 134 valence electrons. The van der Waals surface area contributed by atoms with Crippen LogP contribution in [0.2, 0.25) is 0 Å². The fraction of sp³-hybridized carbons (Fsp3) is 0.300. The molecular formula is C20H18F2N2O2. The van der Waals surface area contributed by atoms with Crippen molar-refractivity contribution in [2.45, 2.75) is 20.0 Å². The second kappa shape index (κ2) is 6.20. The van der Waals surface area contributed by atoms with Gasteiger partial charge in [0.15, 0.2) is 6.10 Å². The van der Waals surface area contributed by atoms with E-state index < -0.39 is 23.1 Å². The number of aryl methyl sites for hydroxylation is 2. The summed E-state index contributed by atoms with van der Waals surface area (Å²) in [6.07, 6.45) is -0.288. The third-order valence-corrected chi connectivity index (χ3v) is 5.11. The Morgan fingerprint density at radius 1 is 1.12 bits per heavy atom. The highest BCUT2D eigenvalue weighted by molar-refractivity contribution is 6.05. The second-order valence-electron chi connectivity index (χ2n) is 6.81. The molecule has 6 heteroatoms. The number of rotatable bonds is 2. The van der Waals surface area contributed by atoms with Gasteiger partial charge in [-0.25, -0.2) is 8.78 Å². The molecule has 0 spiro atoms. The maximum absolute atomic E-state index is 14.3. The van der Waals surface area contributed by atoms with Gasteiger partial charge in [-0.15, -0.1) is 0 Å². The van der Waals surface area contributed by atoms with Crippen LogP contribution in [-0.4, -0.2) is 35.7 Å². The van der Waals surface area contributed by atoms with Crippen molar-refractivity contribution in [3.05, 3.63) is 70.3 Å². The first-order valence-electron chi connectivity index (χ1n) is 8.51. The van der Waals surface area contributed by atoms with Crippen molar-refractivity contribution in [3.63, 3.8) is 0 Å². The Morgan fingerprint density at radius 2 is 1.88 bits per heavy atom. The molecule has 4 nitrogen and oxygen atoms in total. The lowest BCUT2D eigenvalue weighted by molar-refractivity contribution is 0.0625. The smallest absolute Gasteiger partial charge is 0.259 e. The van der Waals surface area contributed by atoms with E-state index in [-0.39, 0.29) is 24.1 Å². The molecule has 2 heterocycles. The fourth-order valence-electron chi connectivity index (χ4n) is 3.62. The largest absolute Gasteiger partial charge is 0.390 e. The van der Waals surface area contributed by atoms with E-state index in [0.717, 1.165) is 22.9 Å². The summed E-state index contributed by atoms with van der Waals surface area (Å²) in [6, 6.07) is 10.3. The summed E-state index contributed by atoms with van der Waals surface area (Å²) in [6.45, 7) is 4.08. The molecule has 2 aromatic rings. The van der Waals surface area contributed by atoms with E-state index >= 15 is 0 Å². The van der Waals surface area contributed by atoms with Crippen molar-refractivity contribution in [2.24, 2.45) is 11.1 Å². The zero-order valence-electron chi connectivity index (χ0n) is 14.5. The summed E-state index contributed by atoms with van der Waals surface area (Å²) < 4.78 is 28.4. The van der Waals surface area contributed by atoms with Gasteiger partial charge in [-0.3, -0.25) is 4.79 Å². The van der Waals surface area contributed by atoms with Crippen molar-refractivity contribution < 1.29 is 18.4 Å². The van der Waals surface area contributed by atoms with Gasteiger partial charge in [0.1, 0.15) is 17.2 Å². The number of hydrogen-bond acceptors (Lipinski definition) is 3. The first kappa shape index (κ1) is 16.7. The fourth-order valence-corrected chi connectivity index (χ4v) is 3.62. The summed E-state index contributed by atoms with van der Waals surface area (Å²) in [5, 5.41) is 4.20. The van der Waals surface area contributed by atoms with Crippen LogP contribution in [0, 0.1) is 31.4 Å². The molecule has 2 aliphatic rings. The molecule has 0 aliphatic carbocycles. The van der Waals surface area contributed by atoms with E-state index in [9.17, 15) is 13.6 Å². The van der Waals surface area contributed by atoms with Crippen LogP contribution in [0.4, 0.5) is 8.78 Å². The number of benzene rings is 2. The highest BCUT2D eigenvalue weighted by Gasteiger charge is 2.45. The minimum atomic E-state index is -0.844. The lowest BCUT2D eigenvalue weighted by Crippen LogP contribution is -2.32. The van der Waals surface area contributed by atoms with Gasteiger partial charge in [0.05, 0.1) is 18.2 Å². The molecular weight excluding hydrogens is 338 g/mol.